The van der Waals surface area contributed by atoms with Crippen LogP contribution < -0.4 is 24.0 Å². The van der Waals surface area contributed by atoms with Gasteiger partial charge in [-0.15, -0.1) is 12.4 Å². The molecule has 1 saturated heterocycles. The zero-order chi connectivity index (χ0) is 21.7. The Hall–Kier alpha value is -2.30. The average molecular weight is 478 g/mol. The predicted molar refractivity (Wildman–Crippen MR) is 119 cm³/mol. The van der Waals surface area contributed by atoms with Gasteiger partial charge in [-0.25, -0.2) is 8.42 Å². The molecule has 0 aromatic heterocycles. The minimum Gasteiger partial charge on any atom is -0.495 e. The van der Waals surface area contributed by atoms with E-state index in [9.17, 15) is 17.2 Å². The van der Waals surface area contributed by atoms with E-state index in [1.807, 2.05) is 0 Å². The summed E-state index contributed by atoms with van der Waals surface area (Å²) in [5.74, 6) is 0.370. The molecule has 2 aromatic rings. The van der Waals surface area contributed by atoms with Crippen LogP contribution in [0.25, 0.3) is 0 Å². The normalized spacial score (nSPS) is 14.2. The van der Waals surface area contributed by atoms with Gasteiger partial charge in [-0.05, 0) is 37.3 Å². The van der Waals surface area contributed by atoms with Crippen LogP contribution in [0.2, 0.25) is 0 Å². The first-order chi connectivity index (χ1) is 14.4. The number of piperazine rings is 1. The summed E-state index contributed by atoms with van der Waals surface area (Å²) in [5.41, 5.74) is 0.730. The molecular formula is C20H26ClF2N3O4S. The van der Waals surface area contributed by atoms with Crippen molar-refractivity contribution in [2.45, 2.75) is 18.4 Å². The van der Waals surface area contributed by atoms with Crippen molar-refractivity contribution >= 4 is 33.8 Å². The van der Waals surface area contributed by atoms with Crippen LogP contribution in [-0.4, -0.2) is 54.9 Å². The lowest BCUT2D eigenvalue weighted by Gasteiger charge is -2.31. The van der Waals surface area contributed by atoms with Crippen molar-refractivity contribution < 1.29 is 26.7 Å². The smallest absolute Gasteiger partial charge is 0.387 e. The topological polar surface area (TPSA) is 71.1 Å². The number of benzene rings is 2. The van der Waals surface area contributed by atoms with E-state index in [0.717, 1.165) is 17.4 Å². The third-order valence-corrected chi connectivity index (χ3v) is 6.72. The first-order valence-electron chi connectivity index (χ1n) is 9.58. The van der Waals surface area contributed by atoms with Crippen molar-refractivity contribution in [2.75, 3.05) is 49.0 Å². The molecule has 1 heterocycles. The summed E-state index contributed by atoms with van der Waals surface area (Å²) >= 11 is 0. The number of nitrogens with zero attached hydrogens (tertiary/aromatic N) is 2. The fraction of sp³-hybridized carbons (Fsp3) is 0.400. The van der Waals surface area contributed by atoms with E-state index >= 15 is 0 Å². The van der Waals surface area contributed by atoms with Crippen LogP contribution in [0.4, 0.5) is 20.2 Å². The molecule has 1 aliphatic heterocycles. The van der Waals surface area contributed by atoms with Crippen LogP contribution in [0.15, 0.2) is 47.4 Å². The van der Waals surface area contributed by atoms with Crippen LogP contribution in [0.3, 0.4) is 0 Å². The summed E-state index contributed by atoms with van der Waals surface area (Å²) in [6.45, 7) is 1.59. The summed E-state index contributed by atoms with van der Waals surface area (Å²) in [6.07, 6.45) is 0. The van der Waals surface area contributed by atoms with Gasteiger partial charge in [0.2, 0.25) is 0 Å². The van der Waals surface area contributed by atoms with E-state index in [1.54, 1.807) is 25.1 Å². The standard InChI is InChI=1S/C20H25F2N3O4S.ClH/c1-3-25(16-6-4-5-7-19(16)29-20(21)22)30(26,27)15-8-9-18(28-2)17(14-15)24-12-10-23-11-13-24;/h4-9,14,20,23H,3,10-13H2,1-2H3;1H. The van der Waals surface area contributed by atoms with Gasteiger partial charge in [-0.2, -0.15) is 8.78 Å². The maximum absolute atomic E-state index is 13.4. The Morgan fingerprint density at radius 2 is 1.81 bits per heavy atom. The number of rotatable bonds is 8. The van der Waals surface area contributed by atoms with Crippen molar-refractivity contribution in [1.82, 2.24) is 5.32 Å². The number of para-hydroxylation sites is 2. The van der Waals surface area contributed by atoms with Gasteiger partial charge >= 0.3 is 6.61 Å². The summed E-state index contributed by atoms with van der Waals surface area (Å²) in [7, 11) is -2.50. The second-order valence-corrected chi connectivity index (χ2v) is 8.45. The first kappa shape index (κ1) is 25.0. The molecule has 0 aliphatic carbocycles. The largest absolute Gasteiger partial charge is 0.495 e. The maximum Gasteiger partial charge on any atom is 0.387 e. The molecule has 0 unspecified atom stereocenters. The lowest BCUT2D eigenvalue weighted by molar-refractivity contribution is -0.0494. The van der Waals surface area contributed by atoms with Gasteiger partial charge in [0.15, 0.2) is 0 Å². The average Bonchev–Trinajstić information content (AvgIpc) is 2.75. The number of methoxy groups -OCH3 is 1. The number of halogens is 3. The molecule has 11 heteroatoms. The Morgan fingerprint density at radius 1 is 1.13 bits per heavy atom. The summed E-state index contributed by atoms with van der Waals surface area (Å²) in [4.78, 5) is 2.10. The Balaban J connectivity index is 0.00000341. The van der Waals surface area contributed by atoms with E-state index in [2.05, 4.69) is 15.0 Å². The minimum atomic E-state index is -4.04. The zero-order valence-corrected chi connectivity index (χ0v) is 18.9. The highest BCUT2D eigenvalue weighted by Gasteiger charge is 2.28. The molecule has 0 spiro atoms. The molecule has 0 saturated carbocycles. The van der Waals surface area contributed by atoms with Gasteiger partial charge < -0.3 is 19.7 Å². The Bertz CT molecular complexity index is 973. The molecule has 31 heavy (non-hydrogen) atoms. The number of nitrogens with one attached hydrogen (secondary N) is 1. The lowest BCUT2D eigenvalue weighted by Crippen LogP contribution is -2.43. The molecule has 3 rings (SSSR count). The molecule has 172 valence electrons. The van der Waals surface area contributed by atoms with E-state index < -0.39 is 16.6 Å². The quantitative estimate of drug-likeness (QED) is 0.628. The third-order valence-electron chi connectivity index (χ3n) is 4.83. The van der Waals surface area contributed by atoms with Gasteiger partial charge in [0.05, 0.1) is 23.4 Å². The number of anilines is 2. The van der Waals surface area contributed by atoms with Gasteiger partial charge in [0.25, 0.3) is 10.0 Å². The maximum atomic E-state index is 13.4. The Morgan fingerprint density at radius 3 is 2.42 bits per heavy atom. The zero-order valence-electron chi connectivity index (χ0n) is 17.3. The summed E-state index contributed by atoms with van der Waals surface area (Å²) in [6, 6.07) is 10.5. The van der Waals surface area contributed by atoms with Gasteiger partial charge in [0, 0.05) is 32.7 Å². The molecule has 0 amide bonds. The summed E-state index contributed by atoms with van der Waals surface area (Å²) in [5, 5.41) is 3.25. The number of ether oxygens (including phenoxy) is 2. The van der Waals surface area contributed by atoms with E-state index in [0.29, 0.717) is 24.5 Å². The van der Waals surface area contributed by atoms with Crippen LogP contribution in [0, 0.1) is 0 Å². The van der Waals surface area contributed by atoms with Crippen molar-refractivity contribution in [3.8, 4) is 11.5 Å². The fourth-order valence-electron chi connectivity index (χ4n) is 3.44. The molecule has 2 aromatic carbocycles. The van der Waals surface area contributed by atoms with Crippen LogP contribution in [-0.2, 0) is 10.0 Å². The fourth-order valence-corrected chi connectivity index (χ4v) is 4.94. The molecule has 0 atom stereocenters. The first-order valence-corrected chi connectivity index (χ1v) is 11.0. The van der Waals surface area contributed by atoms with Crippen molar-refractivity contribution in [2.24, 2.45) is 0 Å². The lowest BCUT2D eigenvalue weighted by atomic mass is 10.2. The van der Waals surface area contributed by atoms with Crippen LogP contribution in [0.1, 0.15) is 6.92 Å². The van der Waals surface area contributed by atoms with Gasteiger partial charge in [-0.1, -0.05) is 12.1 Å². The molecular weight excluding hydrogens is 452 g/mol. The monoisotopic (exact) mass is 477 g/mol. The molecule has 0 radical (unpaired) electrons. The number of alkyl halides is 2. The molecule has 1 N–H and O–H groups in total. The van der Waals surface area contributed by atoms with Crippen molar-refractivity contribution in [1.29, 1.82) is 0 Å². The number of sulfonamides is 1. The number of hydrogen-bond acceptors (Lipinski definition) is 6. The highest BCUT2D eigenvalue weighted by molar-refractivity contribution is 7.92. The summed E-state index contributed by atoms with van der Waals surface area (Å²) < 4.78 is 63.6. The molecule has 0 bridgehead atoms. The second kappa shape index (κ2) is 10.8. The highest BCUT2D eigenvalue weighted by atomic mass is 35.5. The SMILES string of the molecule is CCN(c1ccccc1OC(F)F)S(=O)(=O)c1ccc(OC)c(N2CCNCC2)c1.Cl. The van der Waals surface area contributed by atoms with Crippen molar-refractivity contribution in [3.63, 3.8) is 0 Å². The van der Waals surface area contributed by atoms with E-state index in [-0.39, 0.29) is 35.3 Å². The second-order valence-electron chi connectivity index (χ2n) is 6.59. The van der Waals surface area contributed by atoms with E-state index in [1.165, 1.54) is 31.4 Å². The highest BCUT2D eigenvalue weighted by Crippen LogP contribution is 2.36. The predicted octanol–water partition coefficient (Wildman–Crippen LogP) is 3.34. The van der Waals surface area contributed by atoms with E-state index in [4.69, 9.17) is 4.74 Å². The Labute approximate surface area is 187 Å². The molecule has 1 aliphatic rings. The minimum absolute atomic E-state index is 0. The Kier molecular flexibility index (Phi) is 8.72. The third kappa shape index (κ3) is 5.50. The molecule has 1 fully saturated rings. The van der Waals surface area contributed by atoms with Crippen LogP contribution >= 0.6 is 12.4 Å². The van der Waals surface area contributed by atoms with Crippen LogP contribution in [0.5, 0.6) is 11.5 Å². The van der Waals surface area contributed by atoms with Gasteiger partial charge in [0.1, 0.15) is 11.5 Å². The van der Waals surface area contributed by atoms with Crippen molar-refractivity contribution in [3.05, 3.63) is 42.5 Å². The molecule has 7 nitrogen and oxygen atoms in total. The van der Waals surface area contributed by atoms with Gasteiger partial charge in [-0.3, -0.25) is 4.31 Å². The number of hydrogen-bond donors (Lipinski definition) is 1.